The highest BCUT2D eigenvalue weighted by atomic mass is 32.1. The summed E-state index contributed by atoms with van der Waals surface area (Å²) in [6.07, 6.45) is 0. The number of anilines is 1. The highest BCUT2D eigenvalue weighted by Gasteiger charge is 2.02. The Morgan fingerprint density at radius 3 is 2.25 bits per heavy atom. The van der Waals surface area contributed by atoms with Gasteiger partial charge >= 0.3 is 0 Å². The number of nitrogen functional groups attached to an aromatic ring is 1. The summed E-state index contributed by atoms with van der Waals surface area (Å²) in [4.78, 5) is 0. The molecule has 0 aliphatic carbocycles. The number of hydrogen-bond acceptors (Lipinski definition) is 5. The van der Waals surface area contributed by atoms with E-state index in [1.165, 1.54) is 16.9 Å². The monoisotopic (exact) mass is 283 g/mol. The van der Waals surface area contributed by atoms with Gasteiger partial charge in [-0.15, -0.1) is 10.2 Å². The predicted octanol–water partition coefficient (Wildman–Crippen LogP) is 3.37. The summed E-state index contributed by atoms with van der Waals surface area (Å²) in [5, 5.41) is 8.90. The van der Waals surface area contributed by atoms with E-state index in [1.807, 2.05) is 42.5 Å². The quantitative estimate of drug-likeness (QED) is 0.797. The molecular formula is C15H13N3OS. The second-order valence-corrected chi connectivity index (χ2v) is 5.31. The van der Waals surface area contributed by atoms with E-state index in [2.05, 4.69) is 22.3 Å². The number of hydrogen-bond donors (Lipinski definition) is 1. The number of nitrogens with two attached hydrogens (primary N) is 1. The predicted molar refractivity (Wildman–Crippen MR) is 80.5 cm³/mol. The molecule has 1 heterocycles. The lowest BCUT2D eigenvalue weighted by atomic mass is 10.1. The van der Waals surface area contributed by atoms with Crippen molar-refractivity contribution < 1.29 is 4.74 Å². The SMILES string of the molecule is Nc1nnc(COc2ccc(-c3ccccc3)cc2)s1. The van der Waals surface area contributed by atoms with Crippen LogP contribution in [0.2, 0.25) is 0 Å². The molecule has 3 aromatic rings. The van der Waals surface area contributed by atoms with Crippen LogP contribution in [0.1, 0.15) is 5.01 Å². The smallest absolute Gasteiger partial charge is 0.203 e. The van der Waals surface area contributed by atoms with E-state index in [-0.39, 0.29) is 0 Å². The van der Waals surface area contributed by atoms with Crippen LogP contribution in [0.4, 0.5) is 5.13 Å². The minimum atomic E-state index is 0.388. The molecule has 0 saturated heterocycles. The van der Waals surface area contributed by atoms with E-state index in [9.17, 15) is 0 Å². The van der Waals surface area contributed by atoms with Gasteiger partial charge in [0.1, 0.15) is 12.4 Å². The van der Waals surface area contributed by atoms with Crippen LogP contribution >= 0.6 is 11.3 Å². The van der Waals surface area contributed by atoms with E-state index in [1.54, 1.807) is 0 Å². The van der Waals surface area contributed by atoms with Crippen molar-refractivity contribution in [2.45, 2.75) is 6.61 Å². The van der Waals surface area contributed by atoms with Crippen molar-refractivity contribution in [3.05, 3.63) is 59.6 Å². The van der Waals surface area contributed by atoms with Gasteiger partial charge in [-0.2, -0.15) is 0 Å². The van der Waals surface area contributed by atoms with Crippen LogP contribution in [0.15, 0.2) is 54.6 Å². The second-order valence-electron chi connectivity index (χ2n) is 4.21. The lowest BCUT2D eigenvalue weighted by Gasteiger charge is -2.05. The fraction of sp³-hybridized carbons (Fsp3) is 0.0667. The first kappa shape index (κ1) is 12.6. The highest BCUT2D eigenvalue weighted by molar-refractivity contribution is 7.15. The zero-order valence-corrected chi connectivity index (χ0v) is 11.5. The molecule has 2 aromatic carbocycles. The molecule has 100 valence electrons. The molecule has 0 bridgehead atoms. The fourth-order valence-corrected chi connectivity index (χ4v) is 2.37. The van der Waals surface area contributed by atoms with E-state index < -0.39 is 0 Å². The molecule has 1 aromatic heterocycles. The van der Waals surface area contributed by atoms with Crippen LogP contribution in [0.3, 0.4) is 0 Å². The van der Waals surface area contributed by atoms with Gasteiger partial charge in [0, 0.05) is 0 Å². The number of ether oxygens (including phenoxy) is 1. The van der Waals surface area contributed by atoms with Crippen LogP contribution in [0.25, 0.3) is 11.1 Å². The number of nitrogens with zero attached hydrogens (tertiary/aromatic N) is 2. The van der Waals surface area contributed by atoms with E-state index in [0.717, 1.165) is 16.3 Å². The molecule has 5 heteroatoms. The van der Waals surface area contributed by atoms with Crippen LogP contribution in [0.5, 0.6) is 5.75 Å². The number of benzene rings is 2. The molecule has 4 nitrogen and oxygen atoms in total. The van der Waals surface area contributed by atoms with Crippen molar-refractivity contribution in [2.24, 2.45) is 0 Å². The third kappa shape index (κ3) is 2.95. The summed E-state index contributed by atoms with van der Waals surface area (Å²) in [7, 11) is 0. The topological polar surface area (TPSA) is 61.0 Å². The summed E-state index contributed by atoms with van der Waals surface area (Å²) in [5.41, 5.74) is 7.88. The zero-order chi connectivity index (χ0) is 13.8. The van der Waals surface area contributed by atoms with Gasteiger partial charge < -0.3 is 10.5 Å². The minimum absolute atomic E-state index is 0.388. The molecule has 0 fully saturated rings. The van der Waals surface area contributed by atoms with Crippen molar-refractivity contribution >= 4 is 16.5 Å². The Labute approximate surface area is 120 Å². The summed E-state index contributed by atoms with van der Waals surface area (Å²) < 4.78 is 5.65. The Hall–Kier alpha value is -2.40. The van der Waals surface area contributed by atoms with Gasteiger partial charge in [-0.25, -0.2) is 0 Å². The third-order valence-electron chi connectivity index (χ3n) is 2.81. The maximum atomic E-state index is 5.65. The fourth-order valence-electron chi connectivity index (χ4n) is 1.84. The average molecular weight is 283 g/mol. The molecule has 20 heavy (non-hydrogen) atoms. The van der Waals surface area contributed by atoms with Crippen LogP contribution in [-0.4, -0.2) is 10.2 Å². The van der Waals surface area contributed by atoms with Gasteiger partial charge in [0.15, 0.2) is 5.01 Å². The molecule has 0 aliphatic heterocycles. The molecule has 0 saturated carbocycles. The Kier molecular flexibility index (Phi) is 3.60. The minimum Gasteiger partial charge on any atom is -0.486 e. The van der Waals surface area contributed by atoms with Crippen LogP contribution in [-0.2, 0) is 6.61 Å². The van der Waals surface area contributed by atoms with Crippen molar-refractivity contribution in [1.82, 2.24) is 10.2 Å². The van der Waals surface area contributed by atoms with Gasteiger partial charge in [-0.05, 0) is 23.3 Å². The Balaban J connectivity index is 1.67. The summed E-state index contributed by atoms with van der Waals surface area (Å²) >= 11 is 1.34. The molecule has 0 aliphatic rings. The lowest BCUT2D eigenvalue weighted by Crippen LogP contribution is -1.94. The van der Waals surface area contributed by atoms with Crippen LogP contribution < -0.4 is 10.5 Å². The molecule has 0 atom stereocenters. The summed E-state index contributed by atoms with van der Waals surface area (Å²) in [6.45, 7) is 0.388. The number of rotatable bonds is 4. The summed E-state index contributed by atoms with van der Waals surface area (Å²) in [5.74, 6) is 0.804. The third-order valence-corrected chi connectivity index (χ3v) is 3.53. The van der Waals surface area contributed by atoms with Crippen molar-refractivity contribution in [3.63, 3.8) is 0 Å². The molecule has 3 rings (SSSR count). The van der Waals surface area contributed by atoms with Gasteiger partial charge in [-0.1, -0.05) is 53.8 Å². The lowest BCUT2D eigenvalue weighted by molar-refractivity contribution is 0.304. The summed E-state index contributed by atoms with van der Waals surface area (Å²) in [6, 6.07) is 18.2. The van der Waals surface area contributed by atoms with Gasteiger partial charge in [0.2, 0.25) is 5.13 Å². The zero-order valence-electron chi connectivity index (χ0n) is 10.7. The van der Waals surface area contributed by atoms with Gasteiger partial charge in [-0.3, -0.25) is 0 Å². The maximum absolute atomic E-state index is 5.65. The Bertz CT molecular complexity index is 680. The van der Waals surface area contributed by atoms with Crippen LogP contribution in [0, 0.1) is 0 Å². The van der Waals surface area contributed by atoms with E-state index in [0.29, 0.717) is 11.7 Å². The van der Waals surface area contributed by atoms with Crippen molar-refractivity contribution in [3.8, 4) is 16.9 Å². The number of aromatic nitrogens is 2. The Morgan fingerprint density at radius 2 is 1.60 bits per heavy atom. The van der Waals surface area contributed by atoms with Gasteiger partial charge in [0.25, 0.3) is 0 Å². The second kappa shape index (κ2) is 5.71. The van der Waals surface area contributed by atoms with Gasteiger partial charge in [0.05, 0.1) is 0 Å². The molecule has 0 spiro atoms. The average Bonchev–Trinajstić information content (AvgIpc) is 2.92. The van der Waals surface area contributed by atoms with E-state index in [4.69, 9.17) is 10.5 Å². The first-order chi connectivity index (χ1) is 9.81. The largest absolute Gasteiger partial charge is 0.486 e. The normalized spacial score (nSPS) is 10.4. The molecular weight excluding hydrogens is 270 g/mol. The first-order valence-corrected chi connectivity index (χ1v) is 6.99. The highest BCUT2D eigenvalue weighted by Crippen LogP contribution is 2.23. The molecule has 0 radical (unpaired) electrons. The van der Waals surface area contributed by atoms with Crippen molar-refractivity contribution in [2.75, 3.05) is 5.73 Å². The van der Waals surface area contributed by atoms with Crippen molar-refractivity contribution in [1.29, 1.82) is 0 Å². The Morgan fingerprint density at radius 1 is 0.900 bits per heavy atom. The first-order valence-electron chi connectivity index (χ1n) is 6.17. The molecule has 0 unspecified atom stereocenters. The molecule has 2 N–H and O–H groups in total. The standard InChI is InChI=1S/C15H13N3OS/c16-15-18-17-14(20-15)10-19-13-8-6-12(7-9-13)11-4-2-1-3-5-11/h1-9H,10H2,(H2,16,18). The maximum Gasteiger partial charge on any atom is 0.203 e. The molecule has 0 amide bonds. The van der Waals surface area contributed by atoms with E-state index >= 15 is 0 Å².